The number of carbonyl (C=O) groups is 3. The summed E-state index contributed by atoms with van der Waals surface area (Å²) in [7, 11) is 0. The Bertz CT molecular complexity index is 1830. The van der Waals surface area contributed by atoms with Crippen LogP contribution in [0.1, 0.15) is 78.2 Å². The fourth-order valence-electron chi connectivity index (χ4n) is 6.80. The van der Waals surface area contributed by atoms with Gasteiger partial charge in [0.25, 0.3) is 11.5 Å². The number of aryl methyl sites for hydroxylation is 3. The first kappa shape index (κ1) is 40.2. The lowest BCUT2D eigenvalue weighted by Gasteiger charge is -2.32. The van der Waals surface area contributed by atoms with Crippen molar-refractivity contribution in [3.8, 4) is 11.1 Å². The van der Waals surface area contributed by atoms with Gasteiger partial charge in [0.15, 0.2) is 0 Å². The van der Waals surface area contributed by atoms with E-state index >= 15 is 4.39 Å². The third-order valence-electron chi connectivity index (χ3n) is 9.44. The highest BCUT2D eigenvalue weighted by Crippen LogP contribution is 2.35. The molecular formula is C38H45F5N4O5. The van der Waals surface area contributed by atoms with Crippen molar-refractivity contribution in [1.82, 2.24) is 20.1 Å². The van der Waals surface area contributed by atoms with Gasteiger partial charge in [-0.25, -0.2) is 8.78 Å². The number of nitrogens with one attached hydrogen (secondary N) is 2. The van der Waals surface area contributed by atoms with Crippen LogP contribution >= 0.6 is 0 Å². The first-order valence-corrected chi connectivity index (χ1v) is 17.2. The van der Waals surface area contributed by atoms with Gasteiger partial charge in [0, 0.05) is 24.8 Å². The molecule has 0 unspecified atom stereocenters. The maximum Gasteiger partial charge on any atom is 0.391 e. The van der Waals surface area contributed by atoms with Crippen LogP contribution in [0.25, 0.3) is 11.1 Å². The Balaban J connectivity index is 1.55. The fourth-order valence-corrected chi connectivity index (χ4v) is 6.80. The van der Waals surface area contributed by atoms with E-state index in [0.717, 1.165) is 0 Å². The molecule has 1 aliphatic rings. The second kappa shape index (κ2) is 16.8. The number of amides is 2. The first-order chi connectivity index (χ1) is 24.3. The van der Waals surface area contributed by atoms with Crippen molar-refractivity contribution in [3.05, 3.63) is 92.4 Å². The number of carboxylic acid groups (broad SMARTS) is 1. The molecule has 0 aliphatic carbocycles. The van der Waals surface area contributed by atoms with Gasteiger partial charge >= 0.3 is 12.1 Å². The van der Waals surface area contributed by atoms with Crippen molar-refractivity contribution in [2.75, 3.05) is 19.6 Å². The summed E-state index contributed by atoms with van der Waals surface area (Å²) in [4.78, 5) is 54.4. The number of carbonyl (C=O) groups excluding carboxylic acids is 2. The second-order valence-corrected chi connectivity index (χ2v) is 14.0. The molecule has 1 saturated heterocycles. The molecule has 0 radical (unpaired) electrons. The summed E-state index contributed by atoms with van der Waals surface area (Å²) in [6, 6.07) is 5.86. The number of alkyl halides is 3. The molecule has 282 valence electrons. The number of aliphatic carboxylic acids is 1. The maximum absolute atomic E-state index is 15.7. The molecule has 1 fully saturated rings. The van der Waals surface area contributed by atoms with E-state index in [9.17, 15) is 41.8 Å². The molecule has 14 heteroatoms. The van der Waals surface area contributed by atoms with Crippen LogP contribution in [0.4, 0.5) is 22.0 Å². The maximum atomic E-state index is 15.7. The highest BCUT2D eigenvalue weighted by atomic mass is 19.4. The Morgan fingerprint density at radius 1 is 0.942 bits per heavy atom. The van der Waals surface area contributed by atoms with E-state index in [-0.39, 0.29) is 61.5 Å². The third-order valence-corrected chi connectivity index (χ3v) is 9.44. The molecule has 3 N–H and O–H groups in total. The molecule has 2 aromatic carbocycles. The van der Waals surface area contributed by atoms with Crippen molar-refractivity contribution in [3.63, 3.8) is 0 Å². The van der Waals surface area contributed by atoms with Gasteiger partial charge in [-0.3, -0.25) is 19.2 Å². The van der Waals surface area contributed by atoms with Crippen LogP contribution in [0.15, 0.2) is 47.4 Å². The van der Waals surface area contributed by atoms with Gasteiger partial charge in [0.2, 0.25) is 5.91 Å². The van der Waals surface area contributed by atoms with E-state index < -0.39 is 65.6 Å². The molecule has 0 bridgehead atoms. The molecule has 0 saturated carbocycles. The second-order valence-electron chi connectivity index (χ2n) is 14.0. The first-order valence-electron chi connectivity index (χ1n) is 17.2. The molecule has 9 nitrogen and oxygen atoms in total. The van der Waals surface area contributed by atoms with Gasteiger partial charge in [-0.05, 0) is 123 Å². The normalized spacial score (nSPS) is 15.4. The molecule has 2 atom stereocenters. The molecule has 2 heterocycles. The zero-order valence-corrected chi connectivity index (χ0v) is 29.9. The summed E-state index contributed by atoms with van der Waals surface area (Å²) in [5, 5.41) is 15.0. The monoisotopic (exact) mass is 732 g/mol. The van der Waals surface area contributed by atoms with Crippen molar-refractivity contribution in [2.45, 2.75) is 85.1 Å². The molecule has 3 aromatic rings. The van der Waals surface area contributed by atoms with Crippen molar-refractivity contribution < 1.29 is 41.4 Å². The molecule has 1 aliphatic heterocycles. The molecular weight excluding hydrogens is 687 g/mol. The van der Waals surface area contributed by atoms with E-state index in [2.05, 4.69) is 10.6 Å². The number of carboxylic acids is 1. The van der Waals surface area contributed by atoms with Crippen molar-refractivity contribution in [1.29, 1.82) is 0 Å². The number of aromatic nitrogens is 1. The van der Waals surface area contributed by atoms with Crippen LogP contribution in [0, 0.1) is 44.2 Å². The number of rotatable bonds is 13. The zero-order chi connectivity index (χ0) is 38.5. The summed E-state index contributed by atoms with van der Waals surface area (Å²) in [5.41, 5.74) is 1.47. The van der Waals surface area contributed by atoms with Crippen LogP contribution < -0.4 is 16.2 Å². The van der Waals surface area contributed by atoms with Gasteiger partial charge in [0.1, 0.15) is 23.2 Å². The smallest absolute Gasteiger partial charge is 0.391 e. The molecule has 0 spiro atoms. The van der Waals surface area contributed by atoms with E-state index in [4.69, 9.17) is 0 Å². The molecule has 2 amide bonds. The van der Waals surface area contributed by atoms with E-state index in [0.29, 0.717) is 28.8 Å². The Labute approximate surface area is 299 Å². The minimum atomic E-state index is -4.24. The number of hydrogen-bond donors (Lipinski definition) is 3. The largest absolute Gasteiger partial charge is 0.481 e. The lowest BCUT2D eigenvalue weighted by atomic mass is 9.90. The van der Waals surface area contributed by atoms with Gasteiger partial charge in [-0.15, -0.1) is 0 Å². The number of nitrogens with zero attached hydrogens (tertiary/aromatic N) is 2. The van der Waals surface area contributed by atoms with Crippen molar-refractivity contribution in [2.24, 2.45) is 11.8 Å². The predicted octanol–water partition coefficient (Wildman–Crippen LogP) is 6.47. The fraction of sp³-hybridized carbons (Fsp3) is 0.474. The predicted molar refractivity (Wildman–Crippen MR) is 186 cm³/mol. The van der Waals surface area contributed by atoms with E-state index in [1.54, 1.807) is 33.8 Å². The average Bonchev–Trinajstić information content (AvgIpc) is 3.04. The lowest BCUT2D eigenvalue weighted by molar-refractivity contribution is -0.185. The van der Waals surface area contributed by atoms with Gasteiger partial charge < -0.3 is 25.2 Å². The number of likely N-dealkylation sites (tertiary alicyclic amines) is 1. The Kier molecular flexibility index (Phi) is 13.0. The number of benzene rings is 2. The number of piperidine rings is 1. The Morgan fingerprint density at radius 3 is 2.15 bits per heavy atom. The number of pyridine rings is 1. The summed E-state index contributed by atoms with van der Waals surface area (Å²) < 4.78 is 70.2. The third kappa shape index (κ3) is 10.0. The number of hydrogen-bond acceptors (Lipinski definition) is 5. The Morgan fingerprint density at radius 2 is 1.58 bits per heavy atom. The topological polar surface area (TPSA) is 121 Å². The van der Waals surface area contributed by atoms with Crippen LogP contribution in [-0.2, 0) is 16.1 Å². The SMILES string of the molecule is Cc1cc(-c2c(C)cc(F)cc2C)cc([C@H](CC(=O)O)NC(=O)[C@H](CC(C)C)NC(=O)c2cccn(CCN3CCC(C(F)(F)F)CC3)c2=O)c1F. The highest BCUT2D eigenvalue weighted by Gasteiger charge is 2.41. The van der Waals surface area contributed by atoms with Crippen LogP contribution in [-0.4, -0.2) is 64.2 Å². The van der Waals surface area contributed by atoms with Gasteiger partial charge in [-0.2, -0.15) is 13.2 Å². The van der Waals surface area contributed by atoms with Crippen LogP contribution in [0.2, 0.25) is 0 Å². The minimum absolute atomic E-state index is 0.0290. The quantitative estimate of drug-likeness (QED) is 0.174. The summed E-state index contributed by atoms with van der Waals surface area (Å²) in [6.07, 6.45) is -3.42. The van der Waals surface area contributed by atoms with E-state index in [1.165, 1.54) is 48.0 Å². The van der Waals surface area contributed by atoms with Crippen LogP contribution in [0.5, 0.6) is 0 Å². The standard InChI is InChI=1S/C38H45F5N4O5/c1-21(2)15-31(45-35(50)28-7-6-10-47(37(28)52)14-13-46-11-8-26(9-12-46)38(41,42)43)36(51)44-30(20-32(48)49)29-19-25(16-24(5)34(29)40)33-22(3)17-27(39)18-23(33)4/h6-7,10,16-19,21,26,30-31H,8-9,11-15,20H2,1-5H3,(H,44,51)(H,45,50)(H,48,49)/t30-,31-/m0/s1. The molecule has 52 heavy (non-hydrogen) atoms. The van der Waals surface area contributed by atoms with Crippen molar-refractivity contribution >= 4 is 17.8 Å². The average molecular weight is 733 g/mol. The highest BCUT2D eigenvalue weighted by molar-refractivity contribution is 5.97. The van der Waals surface area contributed by atoms with Gasteiger partial charge in [0.05, 0.1) is 18.4 Å². The lowest BCUT2D eigenvalue weighted by Crippen LogP contribution is -2.49. The number of halogens is 5. The molecule has 1 aromatic heterocycles. The van der Waals surface area contributed by atoms with Gasteiger partial charge in [-0.1, -0.05) is 13.8 Å². The van der Waals surface area contributed by atoms with Crippen LogP contribution in [0.3, 0.4) is 0 Å². The summed E-state index contributed by atoms with van der Waals surface area (Å²) in [6.45, 7) is 9.39. The summed E-state index contributed by atoms with van der Waals surface area (Å²) in [5.74, 6) is -5.63. The zero-order valence-electron chi connectivity index (χ0n) is 29.9. The Hall–Kier alpha value is -4.59. The van der Waals surface area contributed by atoms with E-state index in [1.807, 2.05) is 4.90 Å². The molecule has 4 rings (SSSR count). The summed E-state index contributed by atoms with van der Waals surface area (Å²) >= 11 is 0. The minimum Gasteiger partial charge on any atom is -0.481 e.